The number of carbonyl (C=O) groups is 3. The number of nitrogens with one attached hydrogen (secondary N) is 1. The summed E-state index contributed by atoms with van der Waals surface area (Å²) in [5.74, 6) is -0.397. The Morgan fingerprint density at radius 3 is 2.55 bits per heavy atom. The van der Waals surface area contributed by atoms with Gasteiger partial charge in [-0.25, -0.2) is 4.79 Å². The normalized spacial score (nSPS) is 14.6. The average Bonchev–Trinajstić information content (AvgIpc) is 3.35. The molecule has 2 aromatic heterocycles. The lowest BCUT2D eigenvalue weighted by Crippen LogP contribution is -2.39. The lowest BCUT2D eigenvalue weighted by Gasteiger charge is -2.29. The van der Waals surface area contributed by atoms with E-state index in [0.29, 0.717) is 29.3 Å². The predicted molar refractivity (Wildman–Crippen MR) is 107 cm³/mol. The van der Waals surface area contributed by atoms with E-state index in [-0.39, 0.29) is 29.7 Å². The predicted octanol–water partition coefficient (Wildman–Crippen LogP) is 3.92. The molecule has 0 aliphatic heterocycles. The van der Waals surface area contributed by atoms with Crippen molar-refractivity contribution in [1.82, 2.24) is 9.88 Å². The topological polar surface area (TPSA) is 92.6 Å². The fourth-order valence-electron chi connectivity index (χ4n) is 4.18. The molecule has 7 nitrogen and oxygen atoms in total. The molecule has 0 radical (unpaired) electrons. The smallest absolute Gasteiger partial charge is 0.354 e. The summed E-state index contributed by atoms with van der Waals surface area (Å²) < 4.78 is 10.1. The number of ketones is 1. The van der Waals surface area contributed by atoms with Gasteiger partial charge in [-0.15, -0.1) is 0 Å². The second-order valence-electron chi connectivity index (χ2n) is 7.71. The first-order valence-electron chi connectivity index (χ1n) is 10.1. The number of hydrogen-bond acceptors (Lipinski definition) is 5. The fraction of sp³-hybridized carbons (Fsp3) is 0.500. The maximum absolute atomic E-state index is 13.1. The highest BCUT2D eigenvalue weighted by Crippen LogP contribution is 2.26. The number of Topliss-reactive ketones (excluding diaryl/α,β-unsaturated/α-hetero) is 1. The molecular weight excluding hydrogens is 372 g/mol. The van der Waals surface area contributed by atoms with Crippen molar-refractivity contribution in [1.29, 1.82) is 0 Å². The Morgan fingerprint density at radius 1 is 1.21 bits per heavy atom. The van der Waals surface area contributed by atoms with Gasteiger partial charge in [-0.05, 0) is 50.3 Å². The van der Waals surface area contributed by atoms with E-state index in [1.807, 2.05) is 0 Å². The van der Waals surface area contributed by atoms with Gasteiger partial charge in [-0.3, -0.25) is 9.59 Å². The third-order valence-electron chi connectivity index (χ3n) is 5.66. The number of furan rings is 1. The Morgan fingerprint density at radius 2 is 1.93 bits per heavy atom. The summed E-state index contributed by atoms with van der Waals surface area (Å²) in [6.07, 6.45) is 7.10. The molecule has 1 amide bonds. The zero-order valence-corrected chi connectivity index (χ0v) is 17.2. The Balaban J connectivity index is 1.83. The first-order chi connectivity index (χ1) is 13.9. The molecule has 0 saturated heterocycles. The van der Waals surface area contributed by atoms with Gasteiger partial charge in [0, 0.05) is 17.8 Å². The van der Waals surface area contributed by atoms with Gasteiger partial charge >= 0.3 is 5.97 Å². The van der Waals surface area contributed by atoms with Crippen LogP contribution in [0.4, 0.5) is 0 Å². The van der Waals surface area contributed by atoms with Crippen LogP contribution in [0.2, 0.25) is 0 Å². The number of carbonyl (C=O) groups excluding carboxylic acids is 3. The monoisotopic (exact) mass is 400 g/mol. The number of amides is 1. The van der Waals surface area contributed by atoms with Gasteiger partial charge in [0.2, 0.25) is 0 Å². The van der Waals surface area contributed by atoms with E-state index < -0.39 is 5.97 Å². The number of aryl methyl sites for hydroxylation is 1. The van der Waals surface area contributed by atoms with Crippen LogP contribution in [-0.4, -0.2) is 47.7 Å². The van der Waals surface area contributed by atoms with Crippen LogP contribution < -0.4 is 0 Å². The number of methoxy groups -OCH3 is 1. The van der Waals surface area contributed by atoms with Gasteiger partial charge in [-0.2, -0.15) is 0 Å². The number of aromatic amines is 1. The molecule has 1 aliphatic rings. The minimum absolute atomic E-state index is 0.0593. The minimum Gasteiger partial charge on any atom is -0.464 e. The van der Waals surface area contributed by atoms with Crippen LogP contribution in [-0.2, 0) is 4.74 Å². The molecule has 2 heterocycles. The van der Waals surface area contributed by atoms with Crippen LogP contribution in [0.3, 0.4) is 0 Å². The van der Waals surface area contributed by atoms with E-state index >= 15 is 0 Å². The van der Waals surface area contributed by atoms with E-state index in [4.69, 9.17) is 9.15 Å². The van der Waals surface area contributed by atoms with Gasteiger partial charge in [0.1, 0.15) is 5.69 Å². The Hall–Kier alpha value is -2.83. The molecule has 2 aromatic rings. The van der Waals surface area contributed by atoms with Gasteiger partial charge in [-0.1, -0.05) is 19.3 Å². The van der Waals surface area contributed by atoms with E-state index in [9.17, 15) is 14.4 Å². The molecule has 0 unspecified atom stereocenters. The molecule has 1 N–H and O–H groups in total. The second kappa shape index (κ2) is 9.11. The molecule has 0 aromatic carbocycles. The van der Waals surface area contributed by atoms with Crippen LogP contribution in [0.1, 0.15) is 74.8 Å². The van der Waals surface area contributed by atoms with Gasteiger partial charge in [0.25, 0.3) is 5.91 Å². The van der Waals surface area contributed by atoms with Crippen LogP contribution in [0.15, 0.2) is 22.8 Å². The maximum Gasteiger partial charge on any atom is 0.354 e. The van der Waals surface area contributed by atoms with Gasteiger partial charge < -0.3 is 19.0 Å². The SMILES string of the molecule is COC(=O)c1[nH]c(C)c(C(=O)CN(CC2CCCCC2)C(=O)c2ccco2)c1C. The van der Waals surface area contributed by atoms with Crippen molar-refractivity contribution in [2.45, 2.75) is 46.0 Å². The van der Waals surface area contributed by atoms with Crippen LogP contribution in [0, 0.1) is 19.8 Å². The molecule has 29 heavy (non-hydrogen) atoms. The van der Waals surface area contributed by atoms with Crippen molar-refractivity contribution < 1.29 is 23.5 Å². The number of nitrogens with zero attached hydrogens (tertiary/aromatic N) is 1. The van der Waals surface area contributed by atoms with Crippen LogP contribution in [0.25, 0.3) is 0 Å². The van der Waals surface area contributed by atoms with E-state index in [1.165, 1.54) is 19.8 Å². The summed E-state index contributed by atoms with van der Waals surface area (Å²) in [4.78, 5) is 42.6. The first-order valence-corrected chi connectivity index (χ1v) is 10.1. The highest BCUT2D eigenvalue weighted by molar-refractivity contribution is 6.05. The van der Waals surface area contributed by atoms with Crippen LogP contribution >= 0.6 is 0 Å². The Kier molecular flexibility index (Phi) is 6.56. The summed E-state index contributed by atoms with van der Waals surface area (Å²) >= 11 is 0. The first kappa shape index (κ1) is 20.9. The average molecular weight is 400 g/mol. The lowest BCUT2D eigenvalue weighted by molar-refractivity contribution is 0.0593. The van der Waals surface area contributed by atoms with Crippen molar-refractivity contribution in [3.63, 3.8) is 0 Å². The number of ether oxygens (including phenoxy) is 1. The van der Waals surface area contributed by atoms with Crippen LogP contribution in [0.5, 0.6) is 0 Å². The largest absolute Gasteiger partial charge is 0.464 e. The molecule has 0 spiro atoms. The summed E-state index contributed by atoms with van der Waals surface area (Å²) in [5.41, 5.74) is 1.84. The molecule has 1 saturated carbocycles. The quantitative estimate of drug-likeness (QED) is 0.562. The van der Waals surface area contributed by atoms with Gasteiger partial charge in [0.05, 0.1) is 19.9 Å². The Bertz CT molecular complexity index is 875. The third kappa shape index (κ3) is 4.60. The molecule has 1 aliphatic carbocycles. The number of hydrogen-bond donors (Lipinski definition) is 1. The van der Waals surface area contributed by atoms with Crippen molar-refractivity contribution in [2.24, 2.45) is 5.92 Å². The molecule has 156 valence electrons. The van der Waals surface area contributed by atoms with Crippen molar-refractivity contribution in [3.8, 4) is 0 Å². The van der Waals surface area contributed by atoms with Gasteiger partial charge in [0.15, 0.2) is 11.5 Å². The lowest BCUT2D eigenvalue weighted by atomic mass is 9.88. The third-order valence-corrected chi connectivity index (χ3v) is 5.66. The molecular formula is C22H28N2O5. The molecule has 0 atom stereocenters. The number of rotatable bonds is 7. The maximum atomic E-state index is 13.1. The summed E-state index contributed by atoms with van der Waals surface area (Å²) in [6, 6.07) is 3.28. The summed E-state index contributed by atoms with van der Waals surface area (Å²) in [7, 11) is 1.30. The zero-order chi connectivity index (χ0) is 21.0. The Labute approximate surface area is 170 Å². The zero-order valence-electron chi connectivity index (χ0n) is 17.2. The highest BCUT2D eigenvalue weighted by Gasteiger charge is 2.28. The number of H-pyrrole nitrogens is 1. The molecule has 1 fully saturated rings. The highest BCUT2D eigenvalue weighted by atomic mass is 16.5. The number of aromatic nitrogens is 1. The van der Waals surface area contributed by atoms with E-state index in [0.717, 1.165) is 25.7 Å². The number of esters is 1. The van der Waals surface area contributed by atoms with E-state index in [2.05, 4.69) is 4.98 Å². The molecule has 3 rings (SSSR count). The minimum atomic E-state index is -0.518. The van der Waals surface area contributed by atoms with E-state index in [1.54, 1.807) is 30.9 Å². The summed E-state index contributed by atoms with van der Waals surface area (Å²) in [5, 5.41) is 0. The molecule has 7 heteroatoms. The molecule has 0 bridgehead atoms. The standard InChI is InChI=1S/C22H28N2O5/c1-14-19(15(2)23-20(14)22(27)28-3)17(25)13-24(12-16-8-5-4-6-9-16)21(26)18-10-7-11-29-18/h7,10-11,16,23H,4-6,8-9,12-13H2,1-3H3. The summed E-state index contributed by atoms with van der Waals surface area (Å²) in [6.45, 7) is 3.92. The second-order valence-corrected chi connectivity index (χ2v) is 7.71. The van der Waals surface area contributed by atoms with Crippen molar-refractivity contribution in [3.05, 3.63) is 46.7 Å². The fourth-order valence-corrected chi connectivity index (χ4v) is 4.18. The van der Waals surface area contributed by atoms with Crippen molar-refractivity contribution >= 4 is 17.7 Å². The van der Waals surface area contributed by atoms with Crippen molar-refractivity contribution in [2.75, 3.05) is 20.2 Å².